The van der Waals surface area contributed by atoms with Crippen molar-refractivity contribution in [2.45, 2.75) is 18.5 Å². The molecule has 0 bridgehead atoms. The topological polar surface area (TPSA) is 85.4 Å². The van der Waals surface area contributed by atoms with Gasteiger partial charge in [-0.1, -0.05) is 60.7 Å². The van der Waals surface area contributed by atoms with E-state index < -0.39 is 0 Å². The Labute approximate surface area is 210 Å². The summed E-state index contributed by atoms with van der Waals surface area (Å²) in [6, 6.07) is 20.5. The molecule has 1 aliphatic heterocycles. The molecule has 1 saturated heterocycles. The number of benzene rings is 2. The number of pyridine rings is 1. The highest BCUT2D eigenvalue weighted by Gasteiger charge is 2.37. The molecular weight excluding hydrogens is 452 g/mol. The smallest absolute Gasteiger partial charge is 0.257 e. The summed E-state index contributed by atoms with van der Waals surface area (Å²) in [5.41, 5.74) is 3.51. The minimum atomic E-state index is -0.156. The standard InChI is InChI=1S/C28H30N6O2/c1-32(2)25(35)15-23-19-33(28(36)24-18-29-16-22-17-30-31-26(22)24)13-14-34(23)27(20-9-5-3-6-10-20)21-11-7-4-8-12-21/h3-12,16-18,23,27H,13-15,19H2,1-2H3,(H,30,31)/t23-/m1/s1. The fraction of sp³-hybridized carbons (Fsp3) is 0.286. The van der Waals surface area contributed by atoms with Crippen LogP contribution in [0.5, 0.6) is 0 Å². The molecule has 8 heteroatoms. The van der Waals surface area contributed by atoms with E-state index in [2.05, 4.69) is 44.3 Å². The molecule has 1 N–H and O–H groups in total. The van der Waals surface area contributed by atoms with Gasteiger partial charge >= 0.3 is 0 Å². The lowest BCUT2D eigenvalue weighted by atomic mass is 9.93. The van der Waals surface area contributed by atoms with Crippen LogP contribution in [0.2, 0.25) is 0 Å². The molecule has 184 valence electrons. The second-order valence-corrected chi connectivity index (χ2v) is 9.38. The molecule has 3 heterocycles. The normalized spacial score (nSPS) is 16.4. The highest BCUT2D eigenvalue weighted by atomic mass is 16.2. The Kier molecular flexibility index (Phi) is 6.77. The summed E-state index contributed by atoms with van der Waals surface area (Å²) in [4.78, 5) is 36.6. The summed E-state index contributed by atoms with van der Waals surface area (Å²) in [6.45, 7) is 1.63. The number of fused-ring (bicyclic) bond motifs is 1. The number of hydrogen-bond donors (Lipinski definition) is 1. The van der Waals surface area contributed by atoms with Crippen molar-refractivity contribution in [3.63, 3.8) is 0 Å². The molecule has 0 aliphatic carbocycles. The Morgan fingerprint density at radius 2 is 1.64 bits per heavy atom. The maximum Gasteiger partial charge on any atom is 0.257 e. The quantitative estimate of drug-likeness (QED) is 0.456. The van der Waals surface area contributed by atoms with Crippen LogP contribution in [0.3, 0.4) is 0 Å². The Bertz CT molecular complexity index is 1300. The molecule has 0 saturated carbocycles. The van der Waals surface area contributed by atoms with Crippen LogP contribution in [0.25, 0.3) is 10.9 Å². The van der Waals surface area contributed by atoms with Crippen molar-refractivity contribution >= 4 is 22.7 Å². The zero-order chi connectivity index (χ0) is 25.1. The van der Waals surface area contributed by atoms with Gasteiger partial charge in [0.05, 0.1) is 23.3 Å². The Morgan fingerprint density at radius 1 is 0.972 bits per heavy atom. The largest absolute Gasteiger partial charge is 0.349 e. The highest BCUT2D eigenvalue weighted by Crippen LogP contribution is 2.33. The summed E-state index contributed by atoms with van der Waals surface area (Å²) < 4.78 is 0. The second kappa shape index (κ2) is 10.3. The van der Waals surface area contributed by atoms with Gasteiger partial charge in [0.2, 0.25) is 5.91 Å². The molecule has 0 radical (unpaired) electrons. The van der Waals surface area contributed by atoms with Crippen molar-refractivity contribution in [2.24, 2.45) is 0 Å². The van der Waals surface area contributed by atoms with Crippen LogP contribution in [0.15, 0.2) is 79.3 Å². The van der Waals surface area contributed by atoms with Gasteiger partial charge in [0.1, 0.15) is 0 Å². The predicted octanol–water partition coefficient (Wildman–Crippen LogP) is 3.35. The number of nitrogens with one attached hydrogen (secondary N) is 1. The molecular formula is C28H30N6O2. The predicted molar refractivity (Wildman–Crippen MR) is 138 cm³/mol. The molecule has 1 fully saturated rings. The van der Waals surface area contributed by atoms with Crippen LogP contribution in [0, 0.1) is 0 Å². The number of amides is 2. The lowest BCUT2D eigenvalue weighted by Gasteiger charge is -2.45. The number of aromatic nitrogens is 3. The van der Waals surface area contributed by atoms with Crippen molar-refractivity contribution in [3.8, 4) is 0 Å². The maximum atomic E-state index is 13.6. The van der Waals surface area contributed by atoms with E-state index in [0.717, 1.165) is 16.5 Å². The first kappa shape index (κ1) is 23.7. The third kappa shape index (κ3) is 4.72. The van der Waals surface area contributed by atoms with Crippen molar-refractivity contribution in [1.29, 1.82) is 0 Å². The lowest BCUT2D eigenvalue weighted by molar-refractivity contribution is -0.130. The van der Waals surface area contributed by atoms with Gasteiger partial charge < -0.3 is 9.80 Å². The summed E-state index contributed by atoms with van der Waals surface area (Å²) in [5, 5.41) is 7.80. The molecule has 5 rings (SSSR count). The van der Waals surface area contributed by atoms with Crippen LogP contribution in [0.4, 0.5) is 0 Å². The van der Waals surface area contributed by atoms with Crippen molar-refractivity contribution < 1.29 is 9.59 Å². The van der Waals surface area contributed by atoms with E-state index in [4.69, 9.17) is 0 Å². The van der Waals surface area contributed by atoms with E-state index in [1.165, 1.54) is 0 Å². The molecule has 0 spiro atoms. The van der Waals surface area contributed by atoms with Gasteiger partial charge in [-0.2, -0.15) is 5.10 Å². The van der Waals surface area contributed by atoms with E-state index in [-0.39, 0.29) is 23.9 Å². The van der Waals surface area contributed by atoms with E-state index in [1.54, 1.807) is 37.6 Å². The van der Waals surface area contributed by atoms with Crippen LogP contribution >= 0.6 is 0 Å². The minimum Gasteiger partial charge on any atom is -0.349 e. The first-order valence-corrected chi connectivity index (χ1v) is 12.1. The third-order valence-corrected chi connectivity index (χ3v) is 6.87. The minimum absolute atomic E-state index is 0.0256. The van der Waals surface area contributed by atoms with E-state index >= 15 is 0 Å². The van der Waals surface area contributed by atoms with E-state index in [0.29, 0.717) is 37.1 Å². The number of hydrogen-bond acceptors (Lipinski definition) is 5. The van der Waals surface area contributed by atoms with Crippen LogP contribution in [-0.2, 0) is 4.79 Å². The zero-order valence-corrected chi connectivity index (χ0v) is 20.5. The fourth-order valence-corrected chi connectivity index (χ4v) is 5.00. The summed E-state index contributed by atoms with van der Waals surface area (Å²) in [7, 11) is 3.55. The van der Waals surface area contributed by atoms with Gasteiger partial charge in [-0.05, 0) is 11.1 Å². The number of nitrogens with zero attached hydrogens (tertiary/aromatic N) is 5. The Hall–Kier alpha value is -4.04. The van der Waals surface area contributed by atoms with Gasteiger partial charge in [-0.3, -0.25) is 24.6 Å². The zero-order valence-electron chi connectivity index (χ0n) is 20.5. The second-order valence-electron chi connectivity index (χ2n) is 9.38. The molecule has 2 amide bonds. The number of carbonyl (C=O) groups is 2. The number of H-pyrrole nitrogens is 1. The molecule has 0 unspecified atom stereocenters. The van der Waals surface area contributed by atoms with Gasteiger partial charge in [0, 0.05) is 64.0 Å². The van der Waals surface area contributed by atoms with E-state index in [1.807, 2.05) is 41.3 Å². The third-order valence-electron chi connectivity index (χ3n) is 6.87. The molecule has 8 nitrogen and oxygen atoms in total. The van der Waals surface area contributed by atoms with E-state index in [9.17, 15) is 9.59 Å². The maximum absolute atomic E-state index is 13.6. The summed E-state index contributed by atoms with van der Waals surface area (Å²) in [6.07, 6.45) is 5.27. The van der Waals surface area contributed by atoms with Gasteiger partial charge in [-0.25, -0.2) is 0 Å². The number of piperazine rings is 1. The Balaban J connectivity index is 1.49. The average molecular weight is 483 g/mol. The SMILES string of the molecule is CN(C)C(=O)C[C@@H]1CN(C(=O)c2cncc3cn[nH]c23)CCN1C(c1ccccc1)c1ccccc1. The lowest BCUT2D eigenvalue weighted by Crippen LogP contribution is -2.56. The van der Waals surface area contributed by atoms with Gasteiger partial charge in [-0.15, -0.1) is 0 Å². The highest BCUT2D eigenvalue weighted by molar-refractivity contribution is 6.04. The monoisotopic (exact) mass is 482 g/mol. The van der Waals surface area contributed by atoms with Crippen LogP contribution in [-0.4, -0.2) is 81.5 Å². The molecule has 2 aromatic carbocycles. The molecule has 4 aromatic rings. The van der Waals surface area contributed by atoms with Crippen LogP contribution in [0.1, 0.15) is 33.9 Å². The van der Waals surface area contributed by atoms with Crippen molar-refractivity contribution in [2.75, 3.05) is 33.7 Å². The van der Waals surface area contributed by atoms with Gasteiger partial charge in [0.25, 0.3) is 5.91 Å². The average Bonchev–Trinajstić information content (AvgIpc) is 3.40. The fourth-order valence-electron chi connectivity index (χ4n) is 5.00. The molecule has 1 aliphatic rings. The van der Waals surface area contributed by atoms with Crippen LogP contribution < -0.4 is 0 Å². The first-order valence-electron chi connectivity index (χ1n) is 12.1. The van der Waals surface area contributed by atoms with Crippen molar-refractivity contribution in [3.05, 3.63) is 95.9 Å². The molecule has 36 heavy (non-hydrogen) atoms. The summed E-state index contributed by atoms with van der Waals surface area (Å²) >= 11 is 0. The molecule has 1 atom stereocenters. The molecule has 2 aromatic heterocycles. The van der Waals surface area contributed by atoms with Gasteiger partial charge in [0.15, 0.2) is 0 Å². The van der Waals surface area contributed by atoms with Crippen molar-refractivity contribution in [1.82, 2.24) is 29.9 Å². The Morgan fingerprint density at radius 3 is 2.28 bits per heavy atom. The number of aromatic amines is 1. The number of carbonyl (C=O) groups excluding carboxylic acids is 2. The number of rotatable bonds is 6. The summed E-state index contributed by atoms with van der Waals surface area (Å²) in [5.74, 6) is -0.0632. The first-order chi connectivity index (χ1) is 17.5.